The van der Waals surface area contributed by atoms with E-state index in [0.717, 1.165) is 28.2 Å². The summed E-state index contributed by atoms with van der Waals surface area (Å²) in [5.41, 5.74) is 4.64. The standard InChI is InChI=1S/C23H24ClN3O2/c1-16-21(17(2)27(25-16)20-8-6-5-7-9-20)11-13-23(28)26(3)15-18-14-19(24)10-12-22(18)29-4/h5-14H,15H2,1-4H3/b13-11+. The lowest BCUT2D eigenvalue weighted by Crippen LogP contribution is -2.24. The molecular formula is C23H24ClN3O2. The highest BCUT2D eigenvalue weighted by Gasteiger charge is 2.13. The Hall–Kier alpha value is -3.05. The number of likely N-dealkylation sites (N-methyl/N-ethyl adjacent to an activating group) is 1. The maximum absolute atomic E-state index is 12.6. The van der Waals surface area contributed by atoms with E-state index in [1.165, 1.54) is 0 Å². The SMILES string of the molecule is COc1ccc(Cl)cc1CN(C)C(=O)/C=C/c1c(C)nn(-c2ccccc2)c1C. The third kappa shape index (κ3) is 4.69. The number of carbonyl (C=O) groups excluding carboxylic acids is 1. The monoisotopic (exact) mass is 409 g/mol. The van der Waals surface area contributed by atoms with E-state index in [-0.39, 0.29) is 5.91 Å². The van der Waals surface area contributed by atoms with Crippen LogP contribution in [-0.4, -0.2) is 34.7 Å². The van der Waals surface area contributed by atoms with Gasteiger partial charge in [-0.1, -0.05) is 29.8 Å². The van der Waals surface area contributed by atoms with Crippen LogP contribution in [-0.2, 0) is 11.3 Å². The lowest BCUT2D eigenvalue weighted by molar-refractivity contribution is -0.125. The van der Waals surface area contributed by atoms with Crippen molar-refractivity contribution >= 4 is 23.6 Å². The van der Waals surface area contributed by atoms with E-state index < -0.39 is 0 Å². The predicted molar refractivity (Wildman–Crippen MR) is 117 cm³/mol. The first-order valence-electron chi connectivity index (χ1n) is 9.28. The summed E-state index contributed by atoms with van der Waals surface area (Å²) in [6.45, 7) is 4.34. The summed E-state index contributed by atoms with van der Waals surface area (Å²) in [5, 5.41) is 5.22. The third-order valence-electron chi connectivity index (χ3n) is 4.77. The number of ether oxygens (including phenoxy) is 1. The van der Waals surface area contributed by atoms with Gasteiger partial charge in [-0.3, -0.25) is 4.79 Å². The van der Waals surface area contributed by atoms with E-state index in [9.17, 15) is 4.79 Å². The molecule has 1 amide bonds. The molecule has 3 rings (SSSR count). The summed E-state index contributed by atoms with van der Waals surface area (Å²) >= 11 is 6.08. The largest absolute Gasteiger partial charge is 0.496 e. The van der Waals surface area contributed by atoms with Gasteiger partial charge in [0.2, 0.25) is 5.91 Å². The molecule has 3 aromatic rings. The summed E-state index contributed by atoms with van der Waals surface area (Å²) in [4.78, 5) is 14.3. The molecule has 2 aromatic carbocycles. The molecule has 5 nitrogen and oxygen atoms in total. The molecule has 0 radical (unpaired) electrons. The highest BCUT2D eigenvalue weighted by Crippen LogP contribution is 2.24. The van der Waals surface area contributed by atoms with Crippen LogP contribution in [0.1, 0.15) is 22.5 Å². The molecule has 0 aliphatic carbocycles. The van der Waals surface area contributed by atoms with Crippen LogP contribution in [0.5, 0.6) is 5.75 Å². The average Bonchev–Trinajstić information content (AvgIpc) is 3.00. The Morgan fingerprint density at radius 1 is 1.21 bits per heavy atom. The molecule has 0 unspecified atom stereocenters. The number of hydrogen-bond acceptors (Lipinski definition) is 3. The zero-order valence-electron chi connectivity index (χ0n) is 17.0. The van der Waals surface area contributed by atoms with Crippen LogP contribution in [0, 0.1) is 13.8 Å². The van der Waals surface area contributed by atoms with Crippen molar-refractivity contribution in [2.24, 2.45) is 0 Å². The molecular weight excluding hydrogens is 386 g/mol. The molecule has 1 heterocycles. The number of aromatic nitrogens is 2. The number of hydrogen-bond donors (Lipinski definition) is 0. The first-order valence-corrected chi connectivity index (χ1v) is 9.65. The van der Waals surface area contributed by atoms with E-state index in [2.05, 4.69) is 5.10 Å². The summed E-state index contributed by atoms with van der Waals surface area (Å²) in [5.74, 6) is 0.590. The van der Waals surface area contributed by atoms with Crippen LogP contribution in [0.25, 0.3) is 11.8 Å². The van der Waals surface area contributed by atoms with E-state index in [1.54, 1.807) is 37.3 Å². The van der Waals surface area contributed by atoms with Gasteiger partial charge in [0.15, 0.2) is 0 Å². The minimum atomic E-state index is -0.113. The van der Waals surface area contributed by atoms with E-state index in [1.807, 2.05) is 61.0 Å². The minimum absolute atomic E-state index is 0.113. The molecule has 150 valence electrons. The van der Waals surface area contributed by atoms with Crippen LogP contribution in [0.4, 0.5) is 0 Å². The molecule has 0 spiro atoms. The van der Waals surface area contributed by atoms with Gasteiger partial charge in [0.05, 0.1) is 18.5 Å². The molecule has 0 aliphatic heterocycles. The fraction of sp³-hybridized carbons (Fsp3) is 0.217. The quantitative estimate of drug-likeness (QED) is 0.548. The Balaban J connectivity index is 1.77. The summed E-state index contributed by atoms with van der Waals surface area (Å²) < 4.78 is 7.25. The Labute approximate surface area is 176 Å². The van der Waals surface area contributed by atoms with Crippen molar-refractivity contribution in [3.8, 4) is 11.4 Å². The molecule has 29 heavy (non-hydrogen) atoms. The maximum Gasteiger partial charge on any atom is 0.246 e. The Bertz CT molecular complexity index is 1040. The molecule has 0 saturated carbocycles. The highest BCUT2D eigenvalue weighted by molar-refractivity contribution is 6.30. The molecule has 0 fully saturated rings. The zero-order valence-corrected chi connectivity index (χ0v) is 17.8. The van der Waals surface area contributed by atoms with Crippen molar-refractivity contribution in [1.29, 1.82) is 0 Å². The number of amides is 1. The van der Waals surface area contributed by atoms with Gasteiger partial charge < -0.3 is 9.64 Å². The average molecular weight is 410 g/mol. The van der Waals surface area contributed by atoms with Crippen molar-refractivity contribution in [2.75, 3.05) is 14.2 Å². The fourth-order valence-corrected chi connectivity index (χ4v) is 3.40. The van der Waals surface area contributed by atoms with Gasteiger partial charge in [0.25, 0.3) is 0 Å². The van der Waals surface area contributed by atoms with E-state index in [0.29, 0.717) is 17.3 Å². The Morgan fingerprint density at radius 2 is 1.93 bits per heavy atom. The minimum Gasteiger partial charge on any atom is -0.496 e. The topological polar surface area (TPSA) is 47.4 Å². The third-order valence-corrected chi connectivity index (χ3v) is 5.00. The molecule has 0 bridgehead atoms. The summed E-state index contributed by atoms with van der Waals surface area (Å²) in [7, 11) is 3.35. The van der Waals surface area contributed by atoms with Crippen molar-refractivity contribution in [2.45, 2.75) is 20.4 Å². The number of halogens is 1. The fourth-order valence-electron chi connectivity index (χ4n) is 3.20. The second-order valence-corrected chi connectivity index (χ2v) is 7.25. The van der Waals surface area contributed by atoms with Gasteiger partial charge in [0, 0.05) is 41.5 Å². The summed E-state index contributed by atoms with van der Waals surface area (Å²) in [6.07, 6.45) is 3.40. The van der Waals surface area contributed by atoms with Crippen LogP contribution in [0.3, 0.4) is 0 Å². The van der Waals surface area contributed by atoms with Crippen molar-refractivity contribution < 1.29 is 9.53 Å². The molecule has 0 aliphatic rings. The van der Waals surface area contributed by atoms with Crippen molar-refractivity contribution in [1.82, 2.24) is 14.7 Å². The van der Waals surface area contributed by atoms with Gasteiger partial charge in [-0.05, 0) is 50.3 Å². The van der Waals surface area contributed by atoms with Gasteiger partial charge in [0.1, 0.15) is 5.75 Å². The first-order chi connectivity index (χ1) is 13.9. The van der Waals surface area contributed by atoms with Crippen LogP contribution in [0.2, 0.25) is 5.02 Å². The van der Waals surface area contributed by atoms with Crippen LogP contribution < -0.4 is 4.74 Å². The van der Waals surface area contributed by atoms with Gasteiger partial charge >= 0.3 is 0 Å². The highest BCUT2D eigenvalue weighted by atomic mass is 35.5. The second-order valence-electron chi connectivity index (χ2n) is 6.82. The Morgan fingerprint density at radius 3 is 2.62 bits per heavy atom. The Kier molecular flexibility index (Phi) is 6.39. The lowest BCUT2D eigenvalue weighted by atomic mass is 10.1. The number of carbonyl (C=O) groups is 1. The molecule has 1 aromatic heterocycles. The zero-order chi connectivity index (χ0) is 21.0. The second kappa shape index (κ2) is 8.97. The number of benzene rings is 2. The van der Waals surface area contributed by atoms with Gasteiger partial charge in [-0.25, -0.2) is 4.68 Å². The van der Waals surface area contributed by atoms with Crippen LogP contribution >= 0.6 is 11.6 Å². The van der Waals surface area contributed by atoms with Crippen LogP contribution in [0.15, 0.2) is 54.6 Å². The van der Waals surface area contributed by atoms with Gasteiger partial charge in [-0.15, -0.1) is 0 Å². The number of nitrogens with zero attached hydrogens (tertiary/aromatic N) is 3. The maximum atomic E-state index is 12.6. The normalized spacial score (nSPS) is 11.1. The molecule has 6 heteroatoms. The smallest absolute Gasteiger partial charge is 0.246 e. The van der Waals surface area contributed by atoms with Crippen molar-refractivity contribution in [3.05, 3.63) is 82.1 Å². The first kappa shape index (κ1) is 20.7. The molecule has 0 atom stereocenters. The summed E-state index contributed by atoms with van der Waals surface area (Å²) in [6, 6.07) is 15.3. The number of aryl methyl sites for hydroxylation is 1. The number of rotatable bonds is 6. The van der Waals surface area contributed by atoms with E-state index in [4.69, 9.17) is 16.3 Å². The number of para-hydroxylation sites is 1. The number of methoxy groups -OCH3 is 1. The predicted octanol–water partition coefficient (Wildman–Crippen LogP) is 4.82. The molecule has 0 N–H and O–H groups in total. The van der Waals surface area contributed by atoms with E-state index >= 15 is 0 Å². The molecule has 0 saturated heterocycles. The van der Waals surface area contributed by atoms with Gasteiger partial charge in [-0.2, -0.15) is 5.10 Å². The lowest BCUT2D eigenvalue weighted by Gasteiger charge is -2.17. The van der Waals surface area contributed by atoms with Crippen molar-refractivity contribution in [3.63, 3.8) is 0 Å².